The molecule has 214 valence electrons. The molecule has 0 aliphatic carbocycles. The summed E-state index contributed by atoms with van der Waals surface area (Å²) >= 11 is 0. The molecule has 2 aliphatic heterocycles. The van der Waals surface area contributed by atoms with E-state index in [9.17, 15) is 0 Å². The van der Waals surface area contributed by atoms with Gasteiger partial charge in [0.1, 0.15) is 5.75 Å². The van der Waals surface area contributed by atoms with E-state index in [0.29, 0.717) is 13.6 Å². The molecule has 0 bridgehead atoms. The zero-order valence-electron chi connectivity index (χ0n) is 20.7. The Morgan fingerprint density at radius 3 is 1.21 bits per heavy atom. The molecule has 5 heteroatoms. The minimum absolute atomic E-state index is 0. The molecule has 0 saturated carbocycles. The normalized spacial score (nSPS) is 10.4. The quantitative estimate of drug-likeness (QED) is 0.242. The molecule has 0 radical (unpaired) electrons. The first kappa shape index (κ1) is 37.0. The van der Waals surface area contributed by atoms with Crippen LogP contribution in [0.15, 0.2) is 97.1 Å². The van der Waals surface area contributed by atoms with E-state index in [4.69, 9.17) is 23.7 Å². The summed E-state index contributed by atoms with van der Waals surface area (Å²) in [6.07, 6.45) is 0. The van der Waals surface area contributed by atoms with Gasteiger partial charge in [-0.3, -0.25) is 0 Å². The second kappa shape index (κ2) is 19.9. The average molecular weight is 537 g/mol. The second-order valence-electron chi connectivity index (χ2n) is 7.89. The standard InChI is InChI=1S/2C8H8O2.C8H10O.C6H6.4CH4/c2*1-6-2-3-7-8(4-6)10-5-9-7;1-7-4-3-5-8(6-7)9-2;1-2-4-6-5-3-1;;;;/h2*2-4H,5H2,1H3;3-6H,1-2H3;1-6H;4*1H4. The Kier molecular flexibility index (Phi) is 18.9. The van der Waals surface area contributed by atoms with Crippen molar-refractivity contribution in [2.45, 2.75) is 50.5 Å². The smallest absolute Gasteiger partial charge is 0.231 e. The van der Waals surface area contributed by atoms with Crippen molar-refractivity contribution in [1.29, 1.82) is 0 Å². The number of hydrogen-bond donors (Lipinski definition) is 0. The van der Waals surface area contributed by atoms with Crippen LogP contribution in [0.5, 0.6) is 28.7 Å². The molecule has 0 atom stereocenters. The summed E-state index contributed by atoms with van der Waals surface area (Å²) in [5.74, 6) is 4.35. The van der Waals surface area contributed by atoms with Gasteiger partial charge in [0.2, 0.25) is 13.6 Å². The highest BCUT2D eigenvalue weighted by Crippen LogP contribution is 2.32. The van der Waals surface area contributed by atoms with Crippen molar-refractivity contribution in [1.82, 2.24) is 0 Å². The van der Waals surface area contributed by atoms with Crippen molar-refractivity contribution in [2.75, 3.05) is 20.7 Å². The number of rotatable bonds is 1. The van der Waals surface area contributed by atoms with E-state index in [-0.39, 0.29) is 29.7 Å². The highest BCUT2D eigenvalue weighted by Gasteiger charge is 2.12. The van der Waals surface area contributed by atoms with Crippen molar-refractivity contribution in [3.8, 4) is 28.7 Å². The summed E-state index contributed by atoms with van der Waals surface area (Å²) < 4.78 is 25.6. The van der Waals surface area contributed by atoms with E-state index in [0.717, 1.165) is 28.7 Å². The third kappa shape index (κ3) is 12.8. The van der Waals surface area contributed by atoms with Crippen LogP contribution in [0.3, 0.4) is 0 Å². The number of aryl methyl sites for hydroxylation is 3. The molecule has 5 nitrogen and oxygen atoms in total. The lowest BCUT2D eigenvalue weighted by atomic mass is 10.2. The zero-order valence-corrected chi connectivity index (χ0v) is 20.7. The lowest BCUT2D eigenvalue weighted by Crippen LogP contribution is -1.92. The summed E-state index contributed by atoms with van der Waals surface area (Å²) in [5.41, 5.74) is 3.63. The van der Waals surface area contributed by atoms with Crippen LogP contribution < -0.4 is 23.7 Å². The first-order valence-corrected chi connectivity index (χ1v) is 11.4. The summed E-state index contributed by atoms with van der Waals surface area (Å²) in [5, 5.41) is 0. The molecule has 0 saturated heterocycles. The fourth-order valence-electron chi connectivity index (χ4n) is 3.13. The molecule has 4 aromatic carbocycles. The van der Waals surface area contributed by atoms with E-state index < -0.39 is 0 Å². The lowest BCUT2D eigenvalue weighted by molar-refractivity contribution is 0.173. The van der Waals surface area contributed by atoms with Crippen molar-refractivity contribution in [3.05, 3.63) is 114 Å². The van der Waals surface area contributed by atoms with E-state index in [2.05, 4.69) is 0 Å². The maximum Gasteiger partial charge on any atom is 0.231 e. The molecule has 0 aromatic heterocycles. The van der Waals surface area contributed by atoms with Crippen LogP contribution in [-0.4, -0.2) is 20.7 Å². The van der Waals surface area contributed by atoms with Crippen molar-refractivity contribution >= 4 is 0 Å². The molecule has 0 spiro atoms. The van der Waals surface area contributed by atoms with E-state index in [1.165, 1.54) is 16.7 Å². The van der Waals surface area contributed by atoms with Gasteiger partial charge in [0.25, 0.3) is 0 Å². The van der Waals surface area contributed by atoms with Gasteiger partial charge in [-0.2, -0.15) is 0 Å². The van der Waals surface area contributed by atoms with Gasteiger partial charge < -0.3 is 23.7 Å². The Morgan fingerprint density at radius 2 is 0.846 bits per heavy atom. The van der Waals surface area contributed by atoms with Crippen molar-refractivity contribution < 1.29 is 23.7 Å². The fraction of sp³-hybridized carbons (Fsp3) is 0.294. The SMILES string of the molecule is C.C.C.C.COc1cccc(C)c1.Cc1ccc2c(c1)OCO2.Cc1ccc2c(c1)OCO2.c1ccccc1. The Labute approximate surface area is 237 Å². The van der Waals surface area contributed by atoms with Gasteiger partial charge in [0.15, 0.2) is 23.0 Å². The molecule has 4 aromatic rings. The Morgan fingerprint density at radius 1 is 0.462 bits per heavy atom. The van der Waals surface area contributed by atoms with Crippen LogP contribution in [-0.2, 0) is 0 Å². The highest BCUT2D eigenvalue weighted by atomic mass is 16.7. The molecule has 0 unspecified atom stereocenters. The Balaban J connectivity index is 0. The maximum atomic E-state index is 5.16. The topological polar surface area (TPSA) is 46.2 Å². The van der Waals surface area contributed by atoms with E-state index in [1.54, 1.807) is 7.11 Å². The highest BCUT2D eigenvalue weighted by molar-refractivity contribution is 5.44. The predicted molar refractivity (Wildman–Crippen MR) is 166 cm³/mol. The molecular formula is C34H48O5. The average Bonchev–Trinajstić information content (AvgIpc) is 3.55. The second-order valence-corrected chi connectivity index (χ2v) is 7.89. The molecule has 6 rings (SSSR count). The first-order chi connectivity index (χ1) is 17.0. The van der Waals surface area contributed by atoms with Gasteiger partial charge in [-0.05, 0) is 73.9 Å². The number of fused-ring (bicyclic) bond motifs is 2. The van der Waals surface area contributed by atoms with Gasteiger partial charge in [-0.1, -0.05) is 90.4 Å². The zero-order chi connectivity index (χ0) is 24.9. The van der Waals surface area contributed by atoms with E-state index >= 15 is 0 Å². The van der Waals surface area contributed by atoms with E-state index in [1.807, 2.05) is 118 Å². The van der Waals surface area contributed by atoms with Crippen LogP contribution in [0.2, 0.25) is 0 Å². The molecule has 0 amide bonds. The van der Waals surface area contributed by atoms with Gasteiger partial charge in [0, 0.05) is 0 Å². The Hall–Kier alpha value is -4.12. The number of benzene rings is 4. The number of ether oxygens (including phenoxy) is 5. The minimum atomic E-state index is 0. The van der Waals surface area contributed by atoms with Gasteiger partial charge in [-0.15, -0.1) is 0 Å². The largest absolute Gasteiger partial charge is 0.497 e. The predicted octanol–water partition coefficient (Wildman–Crippen LogP) is 9.68. The third-order valence-corrected chi connectivity index (χ3v) is 4.95. The third-order valence-electron chi connectivity index (χ3n) is 4.95. The molecule has 0 fully saturated rings. The number of methoxy groups -OCH3 is 1. The summed E-state index contributed by atoms with van der Waals surface area (Å²) in [6.45, 7) is 6.82. The molecule has 2 aliphatic rings. The number of hydrogen-bond acceptors (Lipinski definition) is 5. The Bertz CT molecular complexity index is 1090. The summed E-state index contributed by atoms with van der Waals surface area (Å²) in [7, 11) is 1.68. The molecule has 39 heavy (non-hydrogen) atoms. The van der Waals surface area contributed by atoms with Crippen molar-refractivity contribution in [2.24, 2.45) is 0 Å². The van der Waals surface area contributed by atoms with Crippen molar-refractivity contribution in [3.63, 3.8) is 0 Å². The van der Waals surface area contributed by atoms with Gasteiger partial charge in [0.05, 0.1) is 7.11 Å². The lowest BCUT2D eigenvalue weighted by Gasteiger charge is -1.97. The molecule has 2 heterocycles. The summed E-state index contributed by atoms with van der Waals surface area (Å²) in [6, 6.07) is 31.8. The summed E-state index contributed by atoms with van der Waals surface area (Å²) in [4.78, 5) is 0. The monoisotopic (exact) mass is 536 g/mol. The van der Waals surface area contributed by atoms with Crippen LogP contribution in [0.25, 0.3) is 0 Å². The molecular weight excluding hydrogens is 488 g/mol. The molecule has 0 N–H and O–H groups in total. The first-order valence-electron chi connectivity index (χ1n) is 11.4. The minimum Gasteiger partial charge on any atom is -0.497 e. The van der Waals surface area contributed by atoms with Gasteiger partial charge in [-0.25, -0.2) is 0 Å². The van der Waals surface area contributed by atoms with Crippen LogP contribution >= 0.6 is 0 Å². The fourth-order valence-corrected chi connectivity index (χ4v) is 3.13. The van der Waals surface area contributed by atoms with Crippen LogP contribution in [0.4, 0.5) is 0 Å². The van der Waals surface area contributed by atoms with Gasteiger partial charge >= 0.3 is 0 Å². The van der Waals surface area contributed by atoms with Crippen LogP contribution in [0.1, 0.15) is 46.4 Å². The maximum absolute atomic E-state index is 5.16. The van der Waals surface area contributed by atoms with Crippen LogP contribution in [0, 0.1) is 20.8 Å².